The molecule has 1 fully saturated rings. The molecule has 1 atom stereocenters. The van der Waals surface area contributed by atoms with Crippen LogP contribution in [0, 0.1) is 12.8 Å². The number of piperidine rings is 1. The predicted molar refractivity (Wildman–Crippen MR) is 93.3 cm³/mol. The van der Waals surface area contributed by atoms with Crippen LogP contribution in [0.1, 0.15) is 25.5 Å². The van der Waals surface area contributed by atoms with Crippen molar-refractivity contribution in [3.05, 3.63) is 42.2 Å². The van der Waals surface area contributed by atoms with Crippen LogP contribution in [0.3, 0.4) is 0 Å². The summed E-state index contributed by atoms with van der Waals surface area (Å²) in [6.45, 7) is 5.10. The van der Waals surface area contributed by atoms with Gasteiger partial charge in [-0.2, -0.15) is 5.10 Å². The van der Waals surface area contributed by atoms with Gasteiger partial charge in [0.1, 0.15) is 0 Å². The Bertz CT molecular complexity index is 703. The number of nitrogens with zero attached hydrogens (tertiary/aromatic N) is 3. The van der Waals surface area contributed by atoms with Crippen molar-refractivity contribution in [2.24, 2.45) is 5.92 Å². The van der Waals surface area contributed by atoms with Gasteiger partial charge in [-0.25, -0.2) is 9.48 Å². The van der Waals surface area contributed by atoms with Crippen molar-refractivity contribution in [2.75, 3.05) is 18.4 Å². The second-order valence-electron chi connectivity index (χ2n) is 6.41. The van der Waals surface area contributed by atoms with Crippen LogP contribution in [-0.4, -0.2) is 45.0 Å². The number of amides is 2. The van der Waals surface area contributed by atoms with Crippen molar-refractivity contribution in [3.63, 3.8) is 0 Å². The maximum absolute atomic E-state index is 12.6. The largest absolute Gasteiger partial charge is 0.393 e. The number of carbonyl (C=O) groups excluding carboxylic acids is 1. The molecule has 0 spiro atoms. The molecule has 6 nitrogen and oxygen atoms in total. The minimum Gasteiger partial charge on any atom is -0.393 e. The van der Waals surface area contributed by atoms with Gasteiger partial charge in [-0.05, 0) is 50.8 Å². The fraction of sp³-hybridized carbons (Fsp3) is 0.444. The number of aliphatic hydroxyl groups is 1. The van der Waals surface area contributed by atoms with Crippen LogP contribution < -0.4 is 5.32 Å². The van der Waals surface area contributed by atoms with Crippen LogP contribution in [0.15, 0.2) is 36.5 Å². The molecule has 2 amide bonds. The Morgan fingerprint density at radius 1 is 1.29 bits per heavy atom. The monoisotopic (exact) mass is 328 g/mol. The number of benzene rings is 1. The molecule has 1 aliphatic heterocycles. The molecule has 1 saturated heterocycles. The zero-order valence-electron chi connectivity index (χ0n) is 14.1. The van der Waals surface area contributed by atoms with Gasteiger partial charge in [0.05, 0.1) is 23.2 Å². The van der Waals surface area contributed by atoms with Crippen LogP contribution in [0.4, 0.5) is 10.5 Å². The van der Waals surface area contributed by atoms with E-state index >= 15 is 0 Å². The first-order valence-electron chi connectivity index (χ1n) is 8.40. The van der Waals surface area contributed by atoms with Crippen LogP contribution in [0.2, 0.25) is 0 Å². The van der Waals surface area contributed by atoms with E-state index in [1.165, 1.54) is 0 Å². The molecule has 6 heteroatoms. The van der Waals surface area contributed by atoms with E-state index in [1.807, 2.05) is 55.3 Å². The van der Waals surface area contributed by atoms with Gasteiger partial charge in [-0.1, -0.05) is 12.1 Å². The third-order valence-electron chi connectivity index (χ3n) is 4.62. The fourth-order valence-electron chi connectivity index (χ4n) is 3.11. The van der Waals surface area contributed by atoms with E-state index in [2.05, 4.69) is 10.4 Å². The number of anilines is 1. The first-order valence-corrected chi connectivity index (χ1v) is 8.40. The number of nitrogens with one attached hydrogen (secondary N) is 1. The van der Waals surface area contributed by atoms with E-state index in [1.54, 1.807) is 4.68 Å². The number of likely N-dealkylation sites (tertiary alicyclic amines) is 1. The molecule has 1 aromatic heterocycles. The lowest BCUT2D eigenvalue weighted by atomic mass is 9.92. The second-order valence-corrected chi connectivity index (χ2v) is 6.41. The number of aryl methyl sites for hydroxylation is 1. The van der Waals surface area contributed by atoms with Crippen LogP contribution in [0.5, 0.6) is 0 Å². The number of aliphatic hydroxyl groups excluding tert-OH is 1. The minimum atomic E-state index is -0.306. The summed E-state index contributed by atoms with van der Waals surface area (Å²) >= 11 is 0. The molecule has 128 valence electrons. The molecule has 0 radical (unpaired) electrons. The highest BCUT2D eigenvalue weighted by Crippen LogP contribution is 2.23. The maximum atomic E-state index is 12.6. The molecule has 0 aliphatic carbocycles. The van der Waals surface area contributed by atoms with Crippen LogP contribution in [-0.2, 0) is 0 Å². The zero-order valence-corrected chi connectivity index (χ0v) is 14.1. The SMILES string of the molecule is Cc1ccn(-c2ccccc2NC(=O)N2CCC(C(C)O)CC2)n1. The number of aromatic nitrogens is 2. The van der Waals surface area contributed by atoms with Gasteiger partial charge in [0, 0.05) is 19.3 Å². The lowest BCUT2D eigenvalue weighted by Crippen LogP contribution is -2.42. The molecule has 1 unspecified atom stereocenters. The van der Waals surface area contributed by atoms with Crippen molar-refractivity contribution in [2.45, 2.75) is 32.8 Å². The van der Waals surface area contributed by atoms with E-state index in [9.17, 15) is 9.90 Å². The lowest BCUT2D eigenvalue weighted by molar-refractivity contribution is 0.0820. The Kier molecular flexibility index (Phi) is 4.85. The Morgan fingerprint density at radius 3 is 2.62 bits per heavy atom. The topological polar surface area (TPSA) is 70.4 Å². The highest BCUT2D eigenvalue weighted by atomic mass is 16.3. The Morgan fingerprint density at radius 2 is 2.00 bits per heavy atom. The number of urea groups is 1. The summed E-state index contributed by atoms with van der Waals surface area (Å²) in [5.74, 6) is 0.286. The highest BCUT2D eigenvalue weighted by Gasteiger charge is 2.25. The predicted octanol–water partition coefficient (Wildman–Crippen LogP) is 2.81. The minimum absolute atomic E-state index is 0.102. The number of hydrogen-bond donors (Lipinski definition) is 2. The van der Waals surface area contributed by atoms with Gasteiger partial charge >= 0.3 is 6.03 Å². The second kappa shape index (κ2) is 7.05. The van der Waals surface area contributed by atoms with Gasteiger partial charge in [0.2, 0.25) is 0 Å². The molecular weight excluding hydrogens is 304 g/mol. The molecular formula is C18H24N4O2. The lowest BCUT2D eigenvalue weighted by Gasteiger charge is -2.33. The molecule has 3 rings (SSSR count). The number of para-hydroxylation sites is 2. The van der Waals surface area contributed by atoms with E-state index < -0.39 is 0 Å². The molecule has 0 saturated carbocycles. The molecule has 1 aromatic carbocycles. The van der Waals surface area contributed by atoms with E-state index in [0.717, 1.165) is 29.9 Å². The third-order valence-corrected chi connectivity index (χ3v) is 4.62. The summed E-state index contributed by atoms with van der Waals surface area (Å²) in [5, 5.41) is 17.1. The van der Waals surface area contributed by atoms with Gasteiger partial charge in [-0.3, -0.25) is 0 Å². The van der Waals surface area contributed by atoms with E-state index in [-0.39, 0.29) is 18.1 Å². The van der Waals surface area contributed by atoms with Crippen molar-refractivity contribution in [1.29, 1.82) is 0 Å². The Hall–Kier alpha value is -2.34. The number of carbonyl (C=O) groups is 1. The number of hydrogen-bond acceptors (Lipinski definition) is 3. The quantitative estimate of drug-likeness (QED) is 0.910. The van der Waals surface area contributed by atoms with Crippen molar-refractivity contribution in [3.8, 4) is 5.69 Å². The summed E-state index contributed by atoms with van der Waals surface area (Å²) < 4.78 is 1.77. The Balaban J connectivity index is 1.69. The van der Waals surface area contributed by atoms with E-state index in [4.69, 9.17) is 0 Å². The highest BCUT2D eigenvalue weighted by molar-refractivity contribution is 5.91. The van der Waals surface area contributed by atoms with Gasteiger partial charge in [-0.15, -0.1) is 0 Å². The normalized spacial score (nSPS) is 16.9. The standard InChI is InChI=1S/C18H24N4O2/c1-13-7-12-22(20-13)17-6-4-3-5-16(17)19-18(24)21-10-8-15(9-11-21)14(2)23/h3-7,12,14-15,23H,8-11H2,1-2H3,(H,19,24). The van der Waals surface area contributed by atoms with Gasteiger partial charge < -0.3 is 15.3 Å². The summed E-state index contributed by atoms with van der Waals surface area (Å²) in [4.78, 5) is 14.4. The molecule has 2 heterocycles. The van der Waals surface area contributed by atoms with Gasteiger partial charge in [0.15, 0.2) is 0 Å². The average molecular weight is 328 g/mol. The average Bonchev–Trinajstić information content (AvgIpc) is 3.01. The molecule has 24 heavy (non-hydrogen) atoms. The van der Waals surface area contributed by atoms with Crippen molar-refractivity contribution in [1.82, 2.24) is 14.7 Å². The van der Waals surface area contributed by atoms with Gasteiger partial charge in [0.25, 0.3) is 0 Å². The maximum Gasteiger partial charge on any atom is 0.321 e. The fourth-order valence-corrected chi connectivity index (χ4v) is 3.11. The molecule has 0 bridgehead atoms. The van der Waals surface area contributed by atoms with Crippen LogP contribution in [0.25, 0.3) is 5.69 Å². The van der Waals surface area contributed by atoms with E-state index in [0.29, 0.717) is 13.1 Å². The smallest absolute Gasteiger partial charge is 0.321 e. The first kappa shape index (κ1) is 16.5. The Labute approximate surface area is 142 Å². The summed E-state index contributed by atoms with van der Waals surface area (Å²) in [6.07, 6.45) is 3.25. The molecule has 2 N–H and O–H groups in total. The summed E-state index contributed by atoms with van der Waals surface area (Å²) in [6, 6.07) is 9.47. The first-order chi connectivity index (χ1) is 11.5. The molecule has 2 aromatic rings. The van der Waals surface area contributed by atoms with Crippen molar-refractivity contribution < 1.29 is 9.90 Å². The number of rotatable bonds is 3. The van der Waals surface area contributed by atoms with Crippen LogP contribution >= 0.6 is 0 Å². The third kappa shape index (κ3) is 3.59. The van der Waals surface area contributed by atoms with Crippen molar-refractivity contribution >= 4 is 11.7 Å². The zero-order chi connectivity index (χ0) is 17.1. The summed E-state index contributed by atoms with van der Waals surface area (Å²) in [5.41, 5.74) is 2.51. The molecule has 1 aliphatic rings. The summed E-state index contributed by atoms with van der Waals surface area (Å²) in [7, 11) is 0.